The van der Waals surface area contributed by atoms with Gasteiger partial charge in [0.05, 0.1) is 7.11 Å². The molecule has 1 atom stereocenters. The van der Waals surface area contributed by atoms with E-state index in [0.29, 0.717) is 5.56 Å². The molecule has 1 unspecified atom stereocenters. The molecule has 0 bridgehead atoms. The molecular weight excluding hydrogens is 268 g/mol. The number of rotatable bonds is 6. The van der Waals surface area contributed by atoms with Gasteiger partial charge in [-0.15, -0.1) is 0 Å². The van der Waals surface area contributed by atoms with Crippen LogP contribution in [0.2, 0.25) is 0 Å². The quantitative estimate of drug-likeness (QED) is 0.744. The van der Waals surface area contributed by atoms with Crippen molar-refractivity contribution in [2.45, 2.75) is 24.9 Å². The number of esters is 1. The van der Waals surface area contributed by atoms with Crippen molar-refractivity contribution in [1.82, 2.24) is 9.44 Å². The highest BCUT2D eigenvalue weighted by Crippen LogP contribution is 2.21. The molecule has 0 radical (unpaired) electrons. The summed E-state index contributed by atoms with van der Waals surface area (Å²) in [6.07, 6.45) is 1.66. The summed E-state index contributed by atoms with van der Waals surface area (Å²) in [6.45, 7) is 0. The van der Waals surface area contributed by atoms with Crippen molar-refractivity contribution in [3.05, 3.63) is 35.9 Å². The van der Waals surface area contributed by atoms with Crippen molar-refractivity contribution in [3.8, 4) is 0 Å². The fourth-order valence-corrected chi connectivity index (χ4v) is 2.91. The van der Waals surface area contributed by atoms with Crippen LogP contribution in [0.5, 0.6) is 0 Å². The van der Waals surface area contributed by atoms with Crippen molar-refractivity contribution >= 4 is 16.2 Å². The maximum absolute atomic E-state index is 11.9. The molecule has 1 aromatic carbocycles. The van der Waals surface area contributed by atoms with Gasteiger partial charge in [0.15, 0.2) is 0 Å². The zero-order valence-corrected chi connectivity index (χ0v) is 11.3. The van der Waals surface area contributed by atoms with Gasteiger partial charge in [-0.1, -0.05) is 30.3 Å². The first-order valence-corrected chi connectivity index (χ1v) is 7.42. The van der Waals surface area contributed by atoms with Gasteiger partial charge in [0.2, 0.25) is 0 Å². The van der Waals surface area contributed by atoms with Gasteiger partial charge in [-0.25, -0.2) is 4.79 Å². The van der Waals surface area contributed by atoms with Crippen LogP contribution >= 0.6 is 0 Å². The van der Waals surface area contributed by atoms with Crippen LogP contribution in [0.4, 0.5) is 0 Å². The third-order valence-corrected chi connectivity index (χ3v) is 3.93. The Labute approximate surface area is 112 Å². The molecule has 2 N–H and O–H groups in total. The summed E-state index contributed by atoms with van der Waals surface area (Å²) in [7, 11) is -2.50. The Balaban J connectivity index is 2.16. The molecule has 1 aromatic rings. The fraction of sp³-hybridized carbons (Fsp3) is 0.417. The van der Waals surface area contributed by atoms with Gasteiger partial charge in [0.1, 0.15) is 6.04 Å². The van der Waals surface area contributed by atoms with Gasteiger partial charge in [-0.05, 0) is 18.4 Å². The van der Waals surface area contributed by atoms with Crippen LogP contribution in [0.15, 0.2) is 30.3 Å². The van der Waals surface area contributed by atoms with E-state index in [1.54, 1.807) is 30.3 Å². The first-order valence-electron chi connectivity index (χ1n) is 5.94. The van der Waals surface area contributed by atoms with E-state index in [1.807, 2.05) is 0 Å². The average Bonchev–Trinajstić information content (AvgIpc) is 3.19. The lowest BCUT2D eigenvalue weighted by Crippen LogP contribution is -2.42. The number of methoxy groups -OCH3 is 1. The third-order valence-electron chi connectivity index (χ3n) is 2.74. The zero-order chi connectivity index (χ0) is 13.9. The monoisotopic (exact) mass is 284 g/mol. The molecule has 1 aliphatic carbocycles. The topological polar surface area (TPSA) is 84.5 Å². The van der Waals surface area contributed by atoms with Crippen LogP contribution in [0.25, 0.3) is 0 Å². The Morgan fingerprint density at radius 2 is 1.95 bits per heavy atom. The fourth-order valence-electron chi connectivity index (χ4n) is 1.63. The second-order valence-electron chi connectivity index (χ2n) is 4.38. The second-order valence-corrected chi connectivity index (χ2v) is 5.86. The van der Waals surface area contributed by atoms with E-state index in [0.717, 1.165) is 12.8 Å². The molecule has 2 rings (SSSR count). The molecule has 0 saturated heterocycles. The Hall–Kier alpha value is -1.44. The number of carbonyl (C=O) groups excluding carboxylic acids is 1. The van der Waals surface area contributed by atoms with E-state index in [1.165, 1.54) is 7.11 Å². The molecule has 1 aliphatic rings. The summed E-state index contributed by atoms with van der Waals surface area (Å²) in [6, 6.07) is 7.52. The number of nitrogens with one attached hydrogen (secondary N) is 2. The maximum Gasteiger partial charge on any atom is 0.328 e. The summed E-state index contributed by atoms with van der Waals surface area (Å²) >= 11 is 0. The molecule has 0 aromatic heterocycles. The minimum absolute atomic E-state index is 0.0217. The Bertz CT molecular complexity index is 540. The predicted molar refractivity (Wildman–Crippen MR) is 69.4 cm³/mol. The lowest BCUT2D eigenvalue weighted by molar-refractivity contribution is -0.142. The molecule has 1 fully saturated rings. The number of ether oxygens (including phenoxy) is 1. The molecule has 0 heterocycles. The Kier molecular flexibility index (Phi) is 4.18. The summed E-state index contributed by atoms with van der Waals surface area (Å²) in [5, 5.41) is 0. The van der Waals surface area contributed by atoms with E-state index in [-0.39, 0.29) is 6.04 Å². The average molecular weight is 284 g/mol. The van der Waals surface area contributed by atoms with Crippen LogP contribution < -0.4 is 9.44 Å². The molecule has 104 valence electrons. The van der Waals surface area contributed by atoms with E-state index in [9.17, 15) is 13.2 Å². The lowest BCUT2D eigenvalue weighted by Gasteiger charge is -2.17. The standard InChI is InChI=1S/C12H16N2O4S/c1-18-12(15)11(9-5-3-2-4-6-9)14-19(16,17)13-10-7-8-10/h2-6,10-11,13-14H,7-8H2,1H3. The highest BCUT2D eigenvalue weighted by molar-refractivity contribution is 7.87. The minimum Gasteiger partial charge on any atom is -0.468 e. The lowest BCUT2D eigenvalue weighted by atomic mass is 10.1. The van der Waals surface area contributed by atoms with Crippen LogP contribution in [-0.2, 0) is 19.7 Å². The molecule has 6 nitrogen and oxygen atoms in total. The highest BCUT2D eigenvalue weighted by Gasteiger charge is 2.31. The Morgan fingerprint density at radius 1 is 1.32 bits per heavy atom. The summed E-state index contributed by atoms with van der Waals surface area (Å²) in [4.78, 5) is 11.7. The van der Waals surface area contributed by atoms with Gasteiger partial charge in [0, 0.05) is 6.04 Å². The molecule has 0 amide bonds. The van der Waals surface area contributed by atoms with Crippen LogP contribution in [0, 0.1) is 0 Å². The van der Waals surface area contributed by atoms with Crippen molar-refractivity contribution in [3.63, 3.8) is 0 Å². The van der Waals surface area contributed by atoms with Crippen LogP contribution in [0.3, 0.4) is 0 Å². The van der Waals surface area contributed by atoms with Crippen LogP contribution in [-0.4, -0.2) is 27.5 Å². The van der Waals surface area contributed by atoms with Crippen molar-refractivity contribution in [2.75, 3.05) is 7.11 Å². The summed E-state index contributed by atoms with van der Waals surface area (Å²) < 4.78 is 33.1. The van der Waals surface area contributed by atoms with Crippen molar-refractivity contribution in [1.29, 1.82) is 0 Å². The van der Waals surface area contributed by atoms with E-state index >= 15 is 0 Å². The minimum atomic E-state index is -3.72. The number of carbonyl (C=O) groups is 1. The van der Waals surface area contributed by atoms with Gasteiger partial charge in [0.25, 0.3) is 10.2 Å². The first-order chi connectivity index (χ1) is 9.02. The largest absolute Gasteiger partial charge is 0.468 e. The van der Waals surface area contributed by atoms with Crippen molar-refractivity contribution < 1.29 is 17.9 Å². The van der Waals surface area contributed by atoms with Gasteiger partial charge in [-0.3, -0.25) is 0 Å². The molecule has 1 saturated carbocycles. The third kappa shape index (κ3) is 4.02. The molecule has 0 aliphatic heterocycles. The summed E-state index contributed by atoms with van der Waals surface area (Å²) in [5.41, 5.74) is 0.538. The number of hydrogen-bond donors (Lipinski definition) is 2. The zero-order valence-electron chi connectivity index (χ0n) is 10.5. The summed E-state index contributed by atoms with van der Waals surface area (Å²) in [5.74, 6) is -0.646. The number of hydrogen-bond acceptors (Lipinski definition) is 4. The number of benzene rings is 1. The molecule has 7 heteroatoms. The van der Waals surface area contributed by atoms with E-state index in [4.69, 9.17) is 0 Å². The molecular formula is C12H16N2O4S. The van der Waals surface area contributed by atoms with Gasteiger partial charge in [-0.2, -0.15) is 17.9 Å². The maximum atomic E-state index is 11.9. The molecule has 19 heavy (non-hydrogen) atoms. The van der Waals surface area contributed by atoms with Gasteiger partial charge >= 0.3 is 5.97 Å². The second kappa shape index (κ2) is 5.68. The van der Waals surface area contributed by atoms with E-state index in [2.05, 4.69) is 14.2 Å². The van der Waals surface area contributed by atoms with Crippen molar-refractivity contribution in [2.24, 2.45) is 0 Å². The predicted octanol–water partition coefficient (Wildman–Crippen LogP) is 0.487. The molecule has 0 spiro atoms. The smallest absolute Gasteiger partial charge is 0.328 e. The van der Waals surface area contributed by atoms with E-state index < -0.39 is 22.2 Å². The first kappa shape index (κ1) is 14.0. The van der Waals surface area contributed by atoms with Gasteiger partial charge < -0.3 is 4.74 Å². The normalized spacial score (nSPS) is 16.9. The SMILES string of the molecule is COC(=O)C(NS(=O)(=O)NC1CC1)c1ccccc1. The van der Waals surface area contributed by atoms with Crippen LogP contribution in [0.1, 0.15) is 24.4 Å². The highest BCUT2D eigenvalue weighted by atomic mass is 32.2. The Morgan fingerprint density at radius 3 is 2.47 bits per heavy atom.